The molecule has 4 rings (SSSR count). The average molecular weight is 656 g/mol. The lowest BCUT2D eigenvalue weighted by Gasteiger charge is -2.16. The number of halogens is 4. The van der Waals surface area contributed by atoms with E-state index in [1.807, 2.05) is 12.1 Å². The second-order valence-corrected chi connectivity index (χ2v) is 10.7. The number of benzene rings is 2. The van der Waals surface area contributed by atoms with E-state index in [0.29, 0.717) is 25.4 Å². The Morgan fingerprint density at radius 1 is 0.724 bits per heavy atom. The van der Waals surface area contributed by atoms with Crippen LogP contribution in [0.5, 0.6) is 11.5 Å². The molecule has 29 heavy (non-hydrogen) atoms. The van der Waals surface area contributed by atoms with Gasteiger partial charge in [-0.25, -0.2) is 0 Å². The van der Waals surface area contributed by atoms with Crippen LogP contribution in [0.3, 0.4) is 0 Å². The van der Waals surface area contributed by atoms with Crippen molar-refractivity contribution in [3.05, 3.63) is 53.3 Å². The van der Waals surface area contributed by atoms with Crippen molar-refractivity contribution < 1.29 is 18.9 Å². The van der Waals surface area contributed by atoms with Gasteiger partial charge in [0.25, 0.3) is 0 Å². The van der Waals surface area contributed by atoms with Gasteiger partial charge in [-0.1, -0.05) is 31.9 Å². The monoisotopic (exact) mass is 652 g/mol. The van der Waals surface area contributed by atoms with E-state index >= 15 is 0 Å². The van der Waals surface area contributed by atoms with Gasteiger partial charge in [-0.15, -0.1) is 0 Å². The van der Waals surface area contributed by atoms with Crippen LogP contribution in [0, 0.1) is 0 Å². The first-order valence-corrected chi connectivity index (χ1v) is 12.6. The molecule has 0 radical (unpaired) electrons. The first-order valence-electron chi connectivity index (χ1n) is 9.44. The minimum Gasteiger partial charge on any atom is -0.492 e. The van der Waals surface area contributed by atoms with Crippen LogP contribution in [-0.2, 0) is 22.3 Å². The van der Waals surface area contributed by atoms with Gasteiger partial charge in [0.15, 0.2) is 0 Å². The number of hydrogen-bond donors (Lipinski definition) is 0. The summed E-state index contributed by atoms with van der Waals surface area (Å²) in [7, 11) is 0. The van der Waals surface area contributed by atoms with Gasteiger partial charge in [0.05, 0.1) is 47.6 Å². The Hall–Kier alpha value is -0.120. The fourth-order valence-electron chi connectivity index (χ4n) is 3.12. The zero-order valence-electron chi connectivity index (χ0n) is 15.6. The Bertz CT molecular complexity index is 810. The fourth-order valence-corrected chi connectivity index (χ4v) is 5.98. The second kappa shape index (κ2) is 10.0. The van der Waals surface area contributed by atoms with E-state index in [0.717, 1.165) is 73.0 Å². The first-order chi connectivity index (χ1) is 14.0. The predicted octanol–water partition coefficient (Wildman–Crippen LogP) is 6.47. The number of hydrogen-bond acceptors (Lipinski definition) is 4. The quantitative estimate of drug-likeness (QED) is 0.218. The van der Waals surface area contributed by atoms with Crippen molar-refractivity contribution in [1.29, 1.82) is 0 Å². The van der Waals surface area contributed by atoms with Crippen molar-refractivity contribution in [3.63, 3.8) is 0 Å². The van der Waals surface area contributed by atoms with Gasteiger partial charge in [-0.3, -0.25) is 0 Å². The Balaban J connectivity index is 1.33. The maximum absolute atomic E-state index is 6.10. The zero-order valence-corrected chi connectivity index (χ0v) is 21.9. The lowest BCUT2D eigenvalue weighted by atomic mass is 10.1. The van der Waals surface area contributed by atoms with Crippen LogP contribution in [0.2, 0.25) is 0 Å². The summed E-state index contributed by atoms with van der Waals surface area (Å²) < 4.78 is 26.9. The first kappa shape index (κ1) is 22.1. The lowest BCUT2D eigenvalue weighted by molar-refractivity contribution is 0.242. The van der Waals surface area contributed by atoms with E-state index in [4.69, 9.17) is 18.9 Å². The van der Waals surface area contributed by atoms with E-state index in [1.165, 1.54) is 0 Å². The molecule has 2 aromatic carbocycles. The zero-order chi connectivity index (χ0) is 20.4. The van der Waals surface area contributed by atoms with Gasteiger partial charge >= 0.3 is 0 Å². The molecule has 2 aromatic rings. The van der Waals surface area contributed by atoms with E-state index in [1.54, 1.807) is 0 Å². The Morgan fingerprint density at radius 2 is 1.14 bits per heavy atom. The van der Waals surface area contributed by atoms with Gasteiger partial charge in [0.2, 0.25) is 0 Å². The molecule has 0 saturated carbocycles. The fraction of sp³-hybridized carbons (Fsp3) is 0.429. The van der Waals surface area contributed by atoms with Gasteiger partial charge in [0, 0.05) is 28.2 Å². The van der Waals surface area contributed by atoms with Gasteiger partial charge in [-0.2, -0.15) is 0 Å². The molecule has 2 aliphatic rings. The molecule has 0 aromatic heterocycles. The predicted molar refractivity (Wildman–Crippen MR) is 126 cm³/mol. The standard InChI is InChI=1S/C21H20Br4O4/c22-14-4-12(6-16-10-28-16)20(18(24)8-14)26-2-1-3-27-21-13(7-17-11-29-17)5-15(23)9-19(21)25/h4-5,8-9,16-17H,1-3,6-7,10-11H2. The van der Waals surface area contributed by atoms with E-state index < -0.39 is 0 Å². The van der Waals surface area contributed by atoms with E-state index in [9.17, 15) is 0 Å². The highest BCUT2D eigenvalue weighted by Gasteiger charge is 2.26. The summed E-state index contributed by atoms with van der Waals surface area (Å²) >= 11 is 14.3. The molecule has 4 nitrogen and oxygen atoms in total. The molecule has 0 aliphatic carbocycles. The summed E-state index contributed by atoms with van der Waals surface area (Å²) in [5.74, 6) is 1.78. The van der Waals surface area contributed by atoms with Crippen molar-refractivity contribution in [1.82, 2.24) is 0 Å². The molecule has 156 valence electrons. The summed E-state index contributed by atoms with van der Waals surface area (Å²) in [6.07, 6.45) is 3.13. The Labute approximate surface area is 204 Å². The molecule has 2 atom stereocenters. The number of epoxide rings is 2. The van der Waals surface area contributed by atoms with Crippen LogP contribution in [0.1, 0.15) is 17.5 Å². The molecule has 8 heteroatoms. The van der Waals surface area contributed by atoms with Crippen molar-refractivity contribution in [2.24, 2.45) is 0 Å². The smallest absolute Gasteiger partial charge is 0.136 e. The minimum absolute atomic E-state index is 0.311. The normalized spacial score (nSPS) is 19.9. The topological polar surface area (TPSA) is 43.5 Å². The van der Waals surface area contributed by atoms with Crippen molar-refractivity contribution >= 4 is 63.7 Å². The minimum atomic E-state index is 0.311. The van der Waals surface area contributed by atoms with E-state index in [2.05, 4.69) is 75.9 Å². The maximum Gasteiger partial charge on any atom is 0.136 e. The summed E-state index contributed by atoms with van der Waals surface area (Å²) in [5.41, 5.74) is 2.30. The summed E-state index contributed by atoms with van der Waals surface area (Å²) in [5, 5.41) is 0. The van der Waals surface area contributed by atoms with Crippen molar-refractivity contribution in [2.45, 2.75) is 31.5 Å². The van der Waals surface area contributed by atoms with Gasteiger partial charge < -0.3 is 18.9 Å². The van der Waals surface area contributed by atoms with E-state index in [-0.39, 0.29) is 0 Å². The maximum atomic E-state index is 6.10. The molecule has 0 N–H and O–H groups in total. The van der Waals surface area contributed by atoms with Crippen molar-refractivity contribution in [3.8, 4) is 11.5 Å². The highest BCUT2D eigenvalue weighted by atomic mass is 79.9. The SMILES string of the molecule is Brc1cc(Br)c(OCCCOc2c(Br)cc(Br)cc2CC2CO2)c(CC2CO2)c1. The second-order valence-electron chi connectivity index (χ2n) is 7.12. The largest absolute Gasteiger partial charge is 0.492 e. The summed E-state index contributed by atoms with van der Waals surface area (Å²) in [6.45, 7) is 2.81. The molecular weight excluding hydrogens is 636 g/mol. The van der Waals surface area contributed by atoms with Crippen LogP contribution in [0.25, 0.3) is 0 Å². The van der Waals surface area contributed by atoms with Crippen molar-refractivity contribution in [2.75, 3.05) is 26.4 Å². The van der Waals surface area contributed by atoms with Gasteiger partial charge in [0.1, 0.15) is 11.5 Å². The molecule has 0 spiro atoms. The molecule has 2 unspecified atom stereocenters. The number of rotatable bonds is 10. The highest BCUT2D eigenvalue weighted by Crippen LogP contribution is 2.36. The molecule has 2 heterocycles. The van der Waals surface area contributed by atoms with Crippen LogP contribution < -0.4 is 9.47 Å². The van der Waals surface area contributed by atoms with Gasteiger partial charge in [-0.05, 0) is 67.3 Å². The van der Waals surface area contributed by atoms with Crippen LogP contribution in [-0.4, -0.2) is 38.6 Å². The molecule has 0 bridgehead atoms. The third kappa shape index (κ3) is 6.43. The molecular formula is C21H20Br4O4. The number of ether oxygens (including phenoxy) is 4. The third-order valence-corrected chi connectivity index (χ3v) is 6.75. The molecule has 2 fully saturated rings. The summed E-state index contributed by atoms with van der Waals surface area (Å²) in [4.78, 5) is 0. The lowest BCUT2D eigenvalue weighted by Crippen LogP contribution is -2.09. The van der Waals surface area contributed by atoms with Crippen LogP contribution in [0.15, 0.2) is 42.2 Å². The highest BCUT2D eigenvalue weighted by molar-refractivity contribution is 9.11. The Morgan fingerprint density at radius 3 is 1.52 bits per heavy atom. The Kier molecular flexibility index (Phi) is 7.62. The van der Waals surface area contributed by atoms with Crippen LogP contribution >= 0.6 is 63.7 Å². The molecule has 2 aliphatic heterocycles. The van der Waals surface area contributed by atoms with Crippen LogP contribution in [0.4, 0.5) is 0 Å². The third-order valence-electron chi connectivity index (χ3n) is 4.65. The average Bonchev–Trinajstić information content (AvgIpc) is 3.55. The summed E-state index contributed by atoms with van der Waals surface area (Å²) in [6, 6.07) is 8.22. The molecule has 2 saturated heterocycles. The molecule has 0 amide bonds.